The molecule has 0 aliphatic carbocycles. The third kappa shape index (κ3) is 3.28. The maximum absolute atomic E-state index is 9.71. The molecule has 0 fully saturated rings. The molecule has 2 aromatic carbocycles. The van der Waals surface area contributed by atoms with Crippen molar-refractivity contribution in [2.75, 3.05) is 5.32 Å². The number of aryl methyl sites for hydroxylation is 1. The molecule has 7 heteroatoms. The van der Waals surface area contributed by atoms with Crippen LogP contribution in [0.1, 0.15) is 28.6 Å². The number of nitriles is 1. The van der Waals surface area contributed by atoms with Crippen molar-refractivity contribution < 1.29 is 9.15 Å². The molecule has 2 heterocycles. The van der Waals surface area contributed by atoms with E-state index in [9.17, 15) is 5.26 Å². The number of rotatable bonds is 4. The molecule has 0 amide bonds. The van der Waals surface area contributed by atoms with Crippen molar-refractivity contribution >= 4 is 17.5 Å². The zero-order valence-corrected chi connectivity index (χ0v) is 15.8. The van der Waals surface area contributed by atoms with Crippen LogP contribution in [0.4, 0.5) is 5.88 Å². The van der Waals surface area contributed by atoms with Gasteiger partial charge in [0.25, 0.3) is 0 Å². The molecule has 6 nitrogen and oxygen atoms in total. The largest absolute Gasteiger partial charge is 0.489 e. The van der Waals surface area contributed by atoms with Crippen molar-refractivity contribution in [3.05, 3.63) is 87.7 Å². The molecule has 0 bridgehead atoms. The van der Waals surface area contributed by atoms with Crippen LogP contribution >= 0.6 is 11.6 Å². The monoisotopic (exact) mass is 392 g/mol. The van der Waals surface area contributed by atoms with Gasteiger partial charge in [-0.1, -0.05) is 41.9 Å². The second kappa shape index (κ2) is 7.29. The molecule has 28 heavy (non-hydrogen) atoms. The number of fused-ring (bicyclic) bond motifs is 1. The van der Waals surface area contributed by atoms with Crippen LogP contribution in [0.2, 0.25) is 5.02 Å². The first-order valence-electron chi connectivity index (χ1n) is 8.67. The van der Waals surface area contributed by atoms with E-state index in [-0.39, 0.29) is 5.82 Å². The summed E-state index contributed by atoms with van der Waals surface area (Å²) in [5.41, 5.74) is 8.85. The quantitative estimate of drug-likeness (QED) is 0.680. The number of benzene rings is 2. The first kappa shape index (κ1) is 18.0. The molecule has 0 radical (unpaired) electrons. The van der Waals surface area contributed by atoms with Gasteiger partial charge in [0.05, 0.1) is 17.6 Å². The number of hydrogen-bond acceptors (Lipinski definition) is 6. The fourth-order valence-electron chi connectivity index (χ4n) is 3.23. The van der Waals surface area contributed by atoms with E-state index in [4.69, 9.17) is 26.5 Å². The fraction of sp³-hybridized carbons (Fsp3) is 0.143. The average molecular weight is 393 g/mol. The van der Waals surface area contributed by atoms with Gasteiger partial charge in [-0.05, 0) is 23.8 Å². The summed E-state index contributed by atoms with van der Waals surface area (Å²) in [6.45, 7) is 2.12. The molecular weight excluding hydrogens is 376 g/mol. The Morgan fingerprint density at radius 1 is 1.25 bits per heavy atom. The molecule has 3 N–H and O–H groups in total. The normalized spacial score (nSPS) is 15.5. The molecule has 0 unspecified atom stereocenters. The summed E-state index contributed by atoms with van der Waals surface area (Å²) in [4.78, 5) is 4.47. The highest BCUT2D eigenvalue weighted by atomic mass is 35.5. The summed E-state index contributed by atoms with van der Waals surface area (Å²) in [5.74, 6) is 1.38. The van der Waals surface area contributed by atoms with E-state index in [2.05, 4.69) is 16.4 Å². The lowest BCUT2D eigenvalue weighted by Crippen LogP contribution is -2.23. The molecule has 1 aromatic heterocycles. The van der Waals surface area contributed by atoms with E-state index >= 15 is 0 Å². The van der Waals surface area contributed by atoms with Gasteiger partial charge in [-0.15, -0.1) is 0 Å². The maximum Gasteiger partial charge on any atom is 0.223 e. The van der Waals surface area contributed by atoms with Crippen LogP contribution in [0.25, 0.3) is 0 Å². The average Bonchev–Trinajstić information content (AvgIpc) is 3.06. The lowest BCUT2D eigenvalue weighted by molar-refractivity contribution is 0.302. The minimum Gasteiger partial charge on any atom is -0.489 e. The molecule has 1 atom stereocenters. The van der Waals surface area contributed by atoms with E-state index < -0.39 is 5.92 Å². The first-order chi connectivity index (χ1) is 13.6. The van der Waals surface area contributed by atoms with Crippen LogP contribution in [-0.4, -0.2) is 4.98 Å². The van der Waals surface area contributed by atoms with E-state index in [1.165, 1.54) is 0 Å². The van der Waals surface area contributed by atoms with E-state index in [1.807, 2.05) is 48.5 Å². The van der Waals surface area contributed by atoms with Crippen molar-refractivity contribution in [1.82, 2.24) is 4.98 Å². The predicted octanol–water partition coefficient (Wildman–Crippen LogP) is 4.47. The predicted molar refractivity (Wildman–Crippen MR) is 106 cm³/mol. The van der Waals surface area contributed by atoms with Gasteiger partial charge in [0.15, 0.2) is 5.89 Å². The minimum atomic E-state index is -0.472. The van der Waals surface area contributed by atoms with Gasteiger partial charge in [0, 0.05) is 17.5 Å². The summed E-state index contributed by atoms with van der Waals surface area (Å²) < 4.78 is 11.7. The van der Waals surface area contributed by atoms with Crippen LogP contribution in [0, 0.1) is 18.3 Å². The zero-order valence-electron chi connectivity index (χ0n) is 15.1. The molecule has 1 aliphatic heterocycles. The van der Waals surface area contributed by atoms with Crippen LogP contribution < -0.4 is 15.8 Å². The smallest absolute Gasteiger partial charge is 0.223 e. The third-order valence-electron chi connectivity index (χ3n) is 4.52. The standard InChI is InChI=1S/C21H17ClN4O2/c1-12-25-19-18(16(10-23)20(24)26-21(19)28-12)15-4-2-3-5-17(15)27-11-13-6-8-14(22)9-7-13/h2-9,18,26H,11,24H2,1H3/t18-/m1/s1. The van der Waals surface area contributed by atoms with Crippen molar-refractivity contribution in [2.24, 2.45) is 5.73 Å². The van der Waals surface area contributed by atoms with Crippen LogP contribution in [-0.2, 0) is 6.61 Å². The van der Waals surface area contributed by atoms with Crippen molar-refractivity contribution in [2.45, 2.75) is 19.4 Å². The highest BCUT2D eigenvalue weighted by molar-refractivity contribution is 6.30. The van der Waals surface area contributed by atoms with Gasteiger partial charge >= 0.3 is 0 Å². The van der Waals surface area contributed by atoms with Gasteiger partial charge in [0.1, 0.15) is 23.9 Å². The second-order valence-electron chi connectivity index (χ2n) is 6.40. The van der Waals surface area contributed by atoms with E-state index in [1.54, 1.807) is 6.92 Å². The number of nitrogens with two attached hydrogens (primary N) is 1. The number of para-hydroxylation sites is 1. The van der Waals surface area contributed by atoms with Gasteiger partial charge < -0.3 is 20.2 Å². The zero-order chi connectivity index (χ0) is 19.7. The molecule has 0 saturated carbocycles. The maximum atomic E-state index is 9.71. The van der Waals surface area contributed by atoms with Crippen LogP contribution in [0.15, 0.2) is 64.3 Å². The van der Waals surface area contributed by atoms with Crippen molar-refractivity contribution in [3.8, 4) is 11.8 Å². The molecule has 4 rings (SSSR count). The lowest BCUT2D eigenvalue weighted by atomic mass is 9.86. The Bertz CT molecular complexity index is 1100. The number of nitrogens with zero attached hydrogens (tertiary/aromatic N) is 2. The molecule has 140 valence electrons. The van der Waals surface area contributed by atoms with E-state index in [0.717, 1.165) is 11.1 Å². The SMILES string of the molecule is Cc1nc2c(o1)NC(N)=C(C#N)[C@H]2c1ccccc1OCc1ccc(Cl)cc1. The molecule has 3 aromatic rings. The Balaban J connectivity index is 1.73. The lowest BCUT2D eigenvalue weighted by Gasteiger charge is -2.24. The molecule has 1 aliphatic rings. The van der Waals surface area contributed by atoms with Crippen molar-refractivity contribution in [3.63, 3.8) is 0 Å². The number of allylic oxidation sites excluding steroid dienone is 1. The third-order valence-corrected chi connectivity index (χ3v) is 4.77. The van der Waals surface area contributed by atoms with Crippen LogP contribution in [0.3, 0.4) is 0 Å². The number of oxazole rings is 1. The number of anilines is 1. The summed E-state index contributed by atoms with van der Waals surface area (Å²) >= 11 is 5.94. The molecule has 0 saturated heterocycles. The molecule has 0 spiro atoms. The Hall–Kier alpha value is -3.43. The Kier molecular flexibility index (Phi) is 4.68. The van der Waals surface area contributed by atoms with Gasteiger partial charge in [-0.2, -0.15) is 5.26 Å². The Morgan fingerprint density at radius 3 is 2.75 bits per heavy atom. The minimum absolute atomic E-state index is 0.253. The topological polar surface area (TPSA) is 97.1 Å². The molecular formula is C21H17ClN4O2. The number of nitrogens with one attached hydrogen (secondary N) is 1. The Morgan fingerprint density at radius 2 is 2.00 bits per heavy atom. The van der Waals surface area contributed by atoms with Gasteiger partial charge in [-0.3, -0.25) is 0 Å². The summed E-state index contributed by atoms with van der Waals surface area (Å²) in [7, 11) is 0. The Labute approximate surface area is 167 Å². The number of aromatic nitrogens is 1. The first-order valence-corrected chi connectivity index (χ1v) is 9.05. The number of hydrogen-bond donors (Lipinski definition) is 2. The van der Waals surface area contributed by atoms with Gasteiger partial charge in [-0.25, -0.2) is 4.98 Å². The van der Waals surface area contributed by atoms with E-state index in [0.29, 0.717) is 40.4 Å². The number of ether oxygens (including phenoxy) is 1. The summed E-state index contributed by atoms with van der Waals surface area (Å²) in [6, 6.07) is 17.2. The van der Waals surface area contributed by atoms with Crippen molar-refractivity contribution in [1.29, 1.82) is 5.26 Å². The summed E-state index contributed by atoms with van der Waals surface area (Å²) in [6.07, 6.45) is 0. The van der Waals surface area contributed by atoms with Crippen LogP contribution in [0.5, 0.6) is 5.75 Å². The summed E-state index contributed by atoms with van der Waals surface area (Å²) in [5, 5.41) is 13.3. The fourth-order valence-corrected chi connectivity index (χ4v) is 3.36. The second-order valence-corrected chi connectivity index (χ2v) is 6.83. The highest BCUT2D eigenvalue weighted by Gasteiger charge is 2.34. The number of halogens is 1. The highest BCUT2D eigenvalue weighted by Crippen LogP contribution is 2.43. The van der Waals surface area contributed by atoms with Gasteiger partial charge in [0.2, 0.25) is 5.88 Å².